The summed E-state index contributed by atoms with van der Waals surface area (Å²) in [7, 11) is 0. The van der Waals surface area contributed by atoms with Gasteiger partial charge in [-0.05, 0) is 38.5 Å². The molecule has 9 nitrogen and oxygen atoms in total. The molecule has 0 radical (unpaired) electrons. The Morgan fingerprint density at radius 3 is 1.59 bits per heavy atom. The van der Waals surface area contributed by atoms with Crippen LogP contribution in [-0.2, 0) is 14.3 Å². The summed E-state index contributed by atoms with van der Waals surface area (Å²) in [6.45, 7) is 3.74. The monoisotopic (exact) mass is 728 g/mol. The van der Waals surface area contributed by atoms with Crippen LogP contribution in [0.5, 0.6) is 0 Å². The average molecular weight is 728 g/mol. The molecule has 1 rings (SSSR count). The normalized spacial score (nSPS) is 22.1. The van der Waals surface area contributed by atoms with Gasteiger partial charge in [0.25, 0.3) is 0 Å². The van der Waals surface area contributed by atoms with Gasteiger partial charge in [0.05, 0.1) is 25.4 Å². The molecule has 0 aliphatic carbocycles. The molecular formula is C42H81NO8. The first-order valence-electron chi connectivity index (χ1n) is 21.4. The molecule has 0 saturated carbocycles. The second-order valence-corrected chi connectivity index (χ2v) is 15.1. The molecule has 302 valence electrons. The highest BCUT2D eigenvalue weighted by molar-refractivity contribution is 5.76. The fraction of sp³-hybridized carbons (Fsp3) is 0.929. The van der Waals surface area contributed by atoms with Crippen LogP contribution in [0.1, 0.15) is 194 Å². The van der Waals surface area contributed by atoms with Crippen LogP contribution in [0.2, 0.25) is 0 Å². The van der Waals surface area contributed by atoms with Gasteiger partial charge in [-0.3, -0.25) is 4.79 Å². The highest BCUT2D eigenvalue weighted by Gasteiger charge is 2.44. The summed E-state index contributed by atoms with van der Waals surface area (Å²) in [6.07, 6.45) is 29.9. The van der Waals surface area contributed by atoms with E-state index in [-0.39, 0.29) is 12.5 Å². The van der Waals surface area contributed by atoms with E-state index >= 15 is 0 Å². The summed E-state index contributed by atoms with van der Waals surface area (Å²) in [5, 5.41) is 53.8. The highest BCUT2D eigenvalue weighted by atomic mass is 16.7. The van der Waals surface area contributed by atoms with Gasteiger partial charge < -0.3 is 40.3 Å². The van der Waals surface area contributed by atoms with E-state index in [4.69, 9.17) is 9.47 Å². The summed E-state index contributed by atoms with van der Waals surface area (Å²) >= 11 is 0. The van der Waals surface area contributed by atoms with Crippen molar-refractivity contribution in [1.29, 1.82) is 0 Å². The van der Waals surface area contributed by atoms with Crippen molar-refractivity contribution < 1.29 is 39.8 Å². The Hall–Kier alpha value is -1.07. The number of rotatable bonds is 35. The van der Waals surface area contributed by atoms with Gasteiger partial charge in [-0.25, -0.2) is 0 Å². The predicted molar refractivity (Wildman–Crippen MR) is 207 cm³/mol. The Morgan fingerprint density at radius 2 is 1.10 bits per heavy atom. The second kappa shape index (κ2) is 33.5. The Bertz CT molecular complexity index is 812. The molecule has 1 amide bonds. The maximum absolute atomic E-state index is 12.8. The van der Waals surface area contributed by atoms with Crippen molar-refractivity contribution in [2.24, 2.45) is 0 Å². The van der Waals surface area contributed by atoms with Crippen LogP contribution in [0, 0.1) is 0 Å². The first-order chi connectivity index (χ1) is 24.8. The van der Waals surface area contributed by atoms with Crippen LogP contribution in [0.3, 0.4) is 0 Å². The van der Waals surface area contributed by atoms with E-state index in [0.29, 0.717) is 12.8 Å². The van der Waals surface area contributed by atoms with Gasteiger partial charge in [0.1, 0.15) is 24.4 Å². The van der Waals surface area contributed by atoms with E-state index in [1.807, 2.05) is 0 Å². The Morgan fingerprint density at radius 1 is 0.647 bits per heavy atom. The molecule has 7 unspecified atom stereocenters. The lowest BCUT2D eigenvalue weighted by atomic mass is 9.99. The largest absolute Gasteiger partial charge is 0.394 e. The van der Waals surface area contributed by atoms with E-state index in [2.05, 4.69) is 31.3 Å². The summed E-state index contributed by atoms with van der Waals surface area (Å²) in [6, 6.07) is -0.711. The molecule has 0 spiro atoms. The number of carbonyl (C=O) groups is 1. The third-order valence-corrected chi connectivity index (χ3v) is 10.4. The van der Waals surface area contributed by atoms with E-state index in [1.165, 1.54) is 116 Å². The number of carbonyl (C=O) groups excluding carboxylic acids is 1. The van der Waals surface area contributed by atoms with Crippen LogP contribution in [0.25, 0.3) is 0 Å². The average Bonchev–Trinajstić information content (AvgIpc) is 3.13. The molecule has 1 heterocycles. The van der Waals surface area contributed by atoms with E-state index in [1.54, 1.807) is 0 Å². The number of nitrogens with one attached hydrogen (secondary N) is 1. The summed E-state index contributed by atoms with van der Waals surface area (Å²) in [5.41, 5.74) is 0. The standard InChI is InChI=1S/C42H81NO8/c1-3-5-7-9-10-11-12-13-14-15-16-17-18-19-20-21-22-23-24-25-26-28-30-32-38(46)43-35(36(45)31-29-27-8-6-4-2)34-50-42-41(49)40(48)39(47)37(33-44)51-42/h15-16,35-37,39-42,44-45,47-49H,3-14,17-34H2,1-2H3,(H,43,46)/b16-15-. The zero-order valence-electron chi connectivity index (χ0n) is 32.9. The molecule has 0 aromatic rings. The van der Waals surface area contributed by atoms with Crippen molar-refractivity contribution in [1.82, 2.24) is 5.32 Å². The molecule has 9 heteroatoms. The van der Waals surface area contributed by atoms with Crippen molar-refractivity contribution in [2.75, 3.05) is 13.2 Å². The molecule has 0 aromatic heterocycles. The summed E-state index contributed by atoms with van der Waals surface area (Å²) in [4.78, 5) is 12.8. The first kappa shape index (κ1) is 48.0. The van der Waals surface area contributed by atoms with Gasteiger partial charge in [0, 0.05) is 6.42 Å². The maximum Gasteiger partial charge on any atom is 0.220 e. The molecule has 0 aromatic carbocycles. The summed E-state index contributed by atoms with van der Waals surface area (Å²) in [5.74, 6) is -0.151. The van der Waals surface area contributed by atoms with E-state index < -0.39 is 49.5 Å². The fourth-order valence-electron chi connectivity index (χ4n) is 6.86. The highest BCUT2D eigenvalue weighted by Crippen LogP contribution is 2.23. The van der Waals surface area contributed by atoms with Crippen molar-refractivity contribution in [2.45, 2.75) is 236 Å². The Labute approximate surface area is 312 Å². The van der Waals surface area contributed by atoms with Crippen LogP contribution < -0.4 is 5.32 Å². The molecular weight excluding hydrogens is 646 g/mol. The number of amides is 1. The quantitative estimate of drug-likeness (QED) is 0.0283. The maximum atomic E-state index is 12.8. The predicted octanol–water partition coefficient (Wildman–Crippen LogP) is 8.17. The molecule has 7 atom stereocenters. The van der Waals surface area contributed by atoms with Gasteiger partial charge in [0.2, 0.25) is 5.91 Å². The minimum absolute atomic E-state index is 0.138. The lowest BCUT2D eigenvalue weighted by Crippen LogP contribution is -2.60. The minimum Gasteiger partial charge on any atom is -0.394 e. The lowest BCUT2D eigenvalue weighted by molar-refractivity contribution is -0.302. The van der Waals surface area contributed by atoms with Gasteiger partial charge in [-0.1, -0.05) is 161 Å². The Balaban J connectivity index is 2.15. The molecule has 1 saturated heterocycles. The molecule has 51 heavy (non-hydrogen) atoms. The van der Waals surface area contributed by atoms with Crippen molar-refractivity contribution in [3.8, 4) is 0 Å². The van der Waals surface area contributed by atoms with Crippen molar-refractivity contribution in [3.63, 3.8) is 0 Å². The number of hydrogen-bond acceptors (Lipinski definition) is 8. The molecule has 1 fully saturated rings. The van der Waals surface area contributed by atoms with Gasteiger partial charge in [-0.2, -0.15) is 0 Å². The van der Waals surface area contributed by atoms with Gasteiger partial charge >= 0.3 is 0 Å². The topological polar surface area (TPSA) is 149 Å². The van der Waals surface area contributed by atoms with Crippen LogP contribution in [0.4, 0.5) is 0 Å². The third-order valence-electron chi connectivity index (χ3n) is 10.4. The van der Waals surface area contributed by atoms with E-state index in [0.717, 1.165) is 51.4 Å². The number of ether oxygens (including phenoxy) is 2. The van der Waals surface area contributed by atoms with Crippen LogP contribution in [0.15, 0.2) is 12.2 Å². The minimum atomic E-state index is -1.55. The van der Waals surface area contributed by atoms with Gasteiger partial charge in [0.15, 0.2) is 6.29 Å². The third kappa shape index (κ3) is 24.8. The second-order valence-electron chi connectivity index (χ2n) is 15.1. The molecule has 6 N–H and O–H groups in total. The summed E-state index contributed by atoms with van der Waals surface area (Å²) < 4.78 is 11.1. The number of unbranched alkanes of at least 4 members (excludes halogenated alkanes) is 23. The Kier molecular flexibility index (Phi) is 31.5. The van der Waals surface area contributed by atoms with Crippen molar-refractivity contribution in [3.05, 3.63) is 12.2 Å². The van der Waals surface area contributed by atoms with Gasteiger partial charge in [-0.15, -0.1) is 0 Å². The number of hydrogen-bond donors (Lipinski definition) is 6. The zero-order valence-corrected chi connectivity index (χ0v) is 32.9. The first-order valence-corrected chi connectivity index (χ1v) is 21.4. The molecule has 0 bridgehead atoms. The van der Waals surface area contributed by atoms with Crippen LogP contribution in [-0.4, -0.2) is 87.5 Å². The van der Waals surface area contributed by atoms with Crippen molar-refractivity contribution >= 4 is 5.91 Å². The molecule has 1 aliphatic heterocycles. The lowest BCUT2D eigenvalue weighted by Gasteiger charge is -2.40. The van der Waals surface area contributed by atoms with E-state index in [9.17, 15) is 30.3 Å². The number of aliphatic hydroxyl groups excluding tert-OH is 5. The molecule has 1 aliphatic rings. The SMILES string of the molecule is CCCCCCCCCC/C=C\CCCCCCCCCCCCCC(=O)NC(COC1OC(CO)C(O)C(O)C1O)C(O)CCCCCCC. The number of aliphatic hydroxyl groups is 5. The fourth-order valence-corrected chi connectivity index (χ4v) is 6.86. The zero-order chi connectivity index (χ0) is 37.4. The number of allylic oxidation sites excluding steroid dienone is 2. The van der Waals surface area contributed by atoms with Crippen LogP contribution >= 0.6 is 0 Å². The smallest absolute Gasteiger partial charge is 0.220 e.